The van der Waals surface area contributed by atoms with Crippen molar-refractivity contribution >= 4 is 39.9 Å². The van der Waals surface area contributed by atoms with Crippen LogP contribution in [0.15, 0.2) is 97.5 Å². The summed E-state index contributed by atoms with van der Waals surface area (Å²) in [6, 6.07) is 24.8. The van der Waals surface area contributed by atoms with Crippen molar-refractivity contribution in [2.45, 2.75) is 46.1 Å². The van der Waals surface area contributed by atoms with Crippen molar-refractivity contribution < 1.29 is 14.6 Å². The third kappa shape index (κ3) is 7.59. The summed E-state index contributed by atoms with van der Waals surface area (Å²) in [4.78, 5) is 26.4. The number of fused-ring (bicyclic) bond motifs is 1. The number of benzene rings is 3. The highest BCUT2D eigenvalue weighted by molar-refractivity contribution is 6.07. The normalized spacial score (nSPS) is 11.4. The average Bonchev–Trinajstić information content (AvgIpc) is 3.49. The van der Waals surface area contributed by atoms with E-state index in [0.717, 1.165) is 33.3 Å². The molecule has 244 valence electrons. The van der Waals surface area contributed by atoms with Crippen molar-refractivity contribution in [2.75, 3.05) is 22.6 Å². The van der Waals surface area contributed by atoms with Crippen LogP contribution in [0, 0.1) is 6.92 Å². The Morgan fingerprint density at radius 1 is 0.917 bits per heavy atom. The minimum absolute atomic E-state index is 0.00152. The average molecular weight is 643 g/mol. The van der Waals surface area contributed by atoms with E-state index in [-0.39, 0.29) is 18.1 Å². The first-order valence-electron chi connectivity index (χ1n) is 15.7. The number of pyridine rings is 1. The molecule has 0 atom stereocenters. The topological polar surface area (TPSA) is 139 Å². The SMILES string of the molecule is Cc1ccc(-n2nc(C(C)(C)C)cc2NC(=O)Nc2ccc(OCc3ccnc(Nc4cncc(CCO)n4)c3)c3ccccc23)cc1. The number of nitrogens with zero attached hydrogens (tertiary/aromatic N) is 5. The van der Waals surface area contributed by atoms with Gasteiger partial charge in [0.15, 0.2) is 0 Å². The number of aliphatic hydroxyl groups is 1. The second-order valence-corrected chi connectivity index (χ2v) is 12.5. The van der Waals surface area contributed by atoms with Gasteiger partial charge in [-0.3, -0.25) is 10.3 Å². The van der Waals surface area contributed by atoms with Gasteiger partial charge in [-0.25, -0.2) is 19.4 Å². The summed E-state index contributed by atoms with van der Waals surface area (Å²) in [5.41, 5.74) is 4.89. The van der Waals surface area contributed by atoms with Gasteiger partial charge in [0.05, 0.1) is 29.0 Å². The maximum absolute atomic E-state index is 13.4. The Morgan fingerprint density at radius 2 is 1.71 bits per heavy atom. The fourth-order valence-electron chi connectivity index (χ4n) is 5.12. The standard InChI is InChI=1S/C37H38N8O3/c1-24-9-11-27(12-10-24)45-35(20-32(44-45)37(2,3)4)43-36(47)41-30-13-14-31(29-8-6-5-7-28(29)30)48-23-25-15-17-39-33(19-25)42-34-22-38-21-26(40-34)16-18-46/h5-15,17,19-22,46H,16,18,23H2,1-4H3,(H,39,40,42)(H2,41,43,47). The number of aryl methyl sites for hydroxylation is 1. The first-order chi connectivity index (χ1) is 23.2. The molecular formula is C37H38N8O3. The zero-order chi connectivity index (χ0) is 33.7. The van der Waals surface area contributed by atoms with Crippen LogP contribution in [0.5, 0.6) is 5.75 Å². The molecular weight excluding hydrogens is 604 g/mol. The van der Waals surface area contributed by atoms with Gasteiger partial charge in [0.2, 0.25) is 0 Å². The number of carbonyl (C=O) groups excluding carboxylic acids is 1. The van der Waals surface area contributed by atoms with Gasteiger partial charge in [-0.05, 0) is 48.9 Å². The quantitative estimate of drug-likeness (QED) is 0.122. The molecule has 0 spiro atoms. The van der Waals surface area contributed by atoms with Crippen molar-refractivity contribution in [1.82, 2.24) is 24.7 Å². The lowest BCUT2D eigenvalue weighted by Crippen LogP contribution is -2.21. The Morgan fingerprint density at radius 3 is 2.48 bits per heavy atom. The molecule has 3 aromatic heterocycles. The van der Waals surface area contributed by atoms with Gasteiger partial charge in [0.1, 0.15) is 29.8 Å². The number of aliphatic hydroxyl groups excluding tert-OH is 1. The number of hydrogen-bond donors (Lipinski definition) is 4. The van der Waals surface area contributed by atoms with Crippen molar-refractivity contribution in [3.05, 3.63) is 120 Å². The number of nitrogens with one attached hydrogen (secondary N) is 3. The molecule has 6 rings (SSSR count). The minimum atomic E-state index is -0.383. The molecule has 0 radical (unpaired) electrons. The number of carbonyl (C=O) groups is 1. The first-order valence-corrected chi connectivity index (χ1v) is 15.7. The number of urea groups is 1. The van der Waals surface area contributed by atoms with Gasteiger partial charge in [-0.1, -0.05) is 62.7 Å². The van der Waals surface area contributed by atoms with E-state index in [4.69, 9.17) is 9.84 Å². The molecule has 0 unspecified atom stereocenters. The number of anilines is 4. The zero-order valence-electron chi connectivity index (χ0n) is 27.4. The van der Waals surface area contributed by atoms with Crippen LogP contribution in [-0.4, -0.2) is 42.5 Å². The van der Waals surface area contributed by atoms with E-state index in [0.29, 0.717) is 47.6 Å². The Bertz CT molecular complexity index is 2050. The lowest BCUT2D eigenvalue weighted by atomic mass is 9.92. The zero-order valence-corrected chi connectivity index (χ0v) is 27.4. The van der Waals surface area contributed by atoms with Crippen LogP contribution in [0.4, 0.5) is 27.9 Å². The summed E-state index contributed by atoms with van der Waals surface area (Å²) in [7, 11) is 0. The number of hydrogen-bond acceptors (Lipinski definition) is 8. The van der Waals surface area contributed by atoms with Crippen LogP contribution in [-0.2, 0) is 18.4 Å². The van der Waals surface area contributed by atoms with Crippen molar-refractivity contribution in [3.8, 4) is 11.4 Å². The van der Waals surface area contributed by atoms with Crippen molar-refractivity contribution in [1.29, 1.82) is 0 Å². The largest absolute Gasteiger partial charge is 0.488 e. The predicted molar refractivity (Wildman–Crippen MR) is 188 cm³/mol. The third-order valence-corrected chi connectivity index (χ3v) is 7.66. The Labute approximate surface area is 279 Å². The Hall–Kier alpha value is -5.81. The van der Waals surface area contributed by atoms with E-state index < -0.39 is 0 Å². The van der Waals surface area contributed by atoms with E-state index >= 15 is 0 Å². The molecule has 2 amide bonds. The molecule has 3 heterocycles. The van der Waals surface area contributed by atoms with Gasteiger partial charge in [-0.2, -0.15) is 5.10 Å². The van der Waals surface area contributed by atoms with Crippen LogP contribution in [0.2, 0.25) is 0 Å². The molecule has 0 saturated heterocycles. The molecule has 4 N–H and O–H groups in total. The highest BCUT2D eigenvalue weighted by Gasteiger charge is 2.22. The summed E-state index contributed by atoms with van der Waals surface area (Å²) in [5.74, 6) is 2.39. The Balaban J connectivity index is 1.17. The Kier molecular flexibility index (Phi) is 9.31. The summed E-state index contributed by atoms with van der Waals surface area (Å²) in [5, 5.41) is 24.9. The maximum Gasteiger partial charge on any atom is 0.324 e. The fourth-order valence-corrected chi connectivity index (χ4v) is 5.12. The van der Waals surface area contributed by atoms with Crippen molar-refractivity contribution in [2.24, 2.45) is 0 Å². The summed E-state index contributed by atoms with van der Waals surface area (Å²) >= 11 is 0. The molecule has 0 aliphatic rings. The first kappa shape index (κ1) is 32.1. The number of amides is 2. The monoisotopic (exact) mass is 642 g/mol. The van der Waals surface area contributed by atoms with Crippen molar-refractivity contribution in [3.63, 3.8) is 0 Å². The van der Waals surface area contributed by atoms with Crippen LogP contribution in [0.25, 0.3) is 16.5 Å². The summed E-state index contributed by atoms with van der Waals surface area (Å²) < 4.78 is 8.03. The smallest absolute Gasteiger partial charge is 0.324 e. The van der Waals surface area contributed by atoms with E-state index in [1.54, 1.807) is 23.3 Å². The van der Waals surface area contributed by atoms with Gasteiger partial charge in [0.25, 0.3) is 0 Å². The summed E-state index contributed by atoms with van der Waals surface area (Å²) in [6.45, 7) is 8.61. The lowest BCUT2D eigenvalue weighted by Gasteiger charge is -2.15. The predicted octanol–water partition coefficient (Wildman–Crippen LogP) is 7.32. The molecule has 48 heavy (non-hydrogen) atoms. The summed E-state index contributed by atoms with van der Waals surface area (Å²) in [6.07, 6.45) is 5.36. The van der Waals surface area contributed by atoms with E-state index in [1.165, 1.54) is 0 Å². The number of aromatic nitrogens is 5. The van der Waals surface area contributed by atoms with Crippen LogP contribution in [0.3, 0.4) is 0 Å². The number of rotatable bonds is 10. The highest BCUT2D eigenvalue weighted by atomic mass is 16.5. The van der Waals surface area contributed by atoms with Crippen LogP contribution < -0.4 is 20.7 Å². The van der Waals surface area contributed by atoms with Gasteiger partial charge in [-0.15, -0.1) is 0 Å². The molecule has 3 aromatic carbocycles. The molecule has 0 aliphatic carbocycles. The van der Waals surface area contributed by atoms with Crippen LogP contribution in [0.1, 0.15) is 43.3 Å². The minimum Gasteiger partial charge on any atom is -0.488 e. The molecule has 0 saturated carbocycles. The lowest BCUT2D eigenvalue weighted by molar-refractivity contribution is 0.262. The molecule has 6 aromatic rings. The van der Waals surface area contributed by atoms with Gasteiger partial charge >= 0.3 is 6.03 Å². The molecule has 0 fully saturated rings. The molecule has 11 nitrogen and oxygen atoms in total. The van der Waals surface area contributed by atoms with Gasteiger partial charge < -0.3 is 20.5 Å². The fraction of sp³-hybridized carbons (Fsp3) is 0.216. The van der Waals surface area contributed by atoms with E-state index in [9.17, 15) is 9.90 Å². The number of ether oxygens (including phenoxy) is 1. The second kappa shape index (κ2) is 13.9. The second-order valence-electron chi connectivity index (χ2n) is 12.5. The van der Waals surface area contributed by atoms with E-state index in [2.05, 4.69) is 51.7 Å². The third-order valence-electron chi connectivity index (χ3n) is 7.66. The molecule has 0 bridgehead atoms. The molecule has 0 aliphatic heterocycles. The van der Waals surface area contributed by atoms with Crippen LogP contribution >= 0.6 is 0 Å². The maximum atomic E-state index is 13.4. The van der Waals surface area contributed by atoms with Gasteiger partial charge in [0, 0.05) is 47.7 Å². The molecule has 11 heteroatoms. The van der Waals surface area contributed by atoms with E-state index in [1.807, 2.05) is 85.8 Å². The highest BCUT2D eigenvalue weighted by Crippen LogP contribution is 2.33.